The molecule has 0 N–H and O–H groups in total. The second kappa shape index (κ2) is 4.68. The predicted octanol–water partition coefficient (Wildman–Crippen LogP) is 1.43. The molecular formula is CH2I2Si. The van der Waals surface area contributed by atoms with E-state index >= 15 is 0 Å². The number of halogens is 2. The van der Waals surface area contributed by atoms with E-state index in [1.165, 1.54) is 4.05 Å². The maximum atomic E-state index is 2.37. The number of rotatable bonds is 1. The van der Waals surface area contributed by atoms with Gasteiger partial charge in [-0.3, -0.25) is 0 Å². The SMILES string of the molecule is IC[Si]I. The Balaban J connectivity index is 1.97. The lowest BCUT2D eigenvalue weighted by molar-refractivity contribution is 2.36. The van der Waals surface area contributed by atoms with Gasteiger partial charge in [0.1, 0.15) is 7.02 Å². The van der Waals surface area contributed by atoms with E-state index in [1.807, 2.05) is 0 Å². The van der Waals surface area contributed by atoms with Gasteiger partial charge in [-0.25, -0.2) is 0 Å². The Labute approximate surface area is 54.9 Å². The quantitative estimate of drug-likeness (QED) is 0.297. The number of hydrogen-bond acceptors (Lipinski definition) is 0. The predicted molar refractivity (Wildman–Crippen MR) is 38.7 cm³/mol. The van der Waals surface area contributed by atoms with Gasteiger partial charge < -0.3 is 0 Å². The minimum atomic E-state index is 1.10. The van der Waals surface area contributed by atoms with Crippen LogP contribution in [0.15, 0.2) is 0 Å². The zero-order valence-electron chi connectivity index (χ0n) is 1.96. The van der Waals surface area contributed by atoms with Crippen LogP contribution in [0.25, 0.3) is 0 Å². The van der Waals surface area contributed by atoms with Gasteiger partial charge in [-0.15, -0.1) is 21.8 Å². The van der Waals surface area contributed by atoms with Crippen LogP contribution in [0.4, 0.5) is 0 Å². The van der Waals surface area contributed by atoms with E-state index in [-0.39, 0.29) is 0 Å². The van der Waals surface area contributed by atoms with E-state index in [4.69, 9.17) is 0 Å². The van der Waals surface area contributed by atoms with Gasteiger partial charge in [0.2, 0.25) is 0 Å². The summed E-state index contributed by atoms with van der Waals surface area (Å²) in [7, 11) is 1.10. The largest absolute Gasteiger partial charge is 0.141 e. The summed E-state index contributed by atoms with van der Waals surface area (Å²) >= 11 is 4.73. The van der Waals surface area contributed by atoms with Crippen LogP contribution in [0.2, 0.25) is 0 Å². The smallest absolute Gasteiger partial charge is 0.123 e. The molecule has 0 saturated heterocycles. The highest BCUT2D eigenvalue weighted by Gasteiger charge is 1.65. The third kappa shape index (κ3) is 3.68. The molecule has 0 saturated carbocycles. The molecule has 2 radical (unpaired) electrons. The van der Waals surface area contributed by atoms with Crippen molar-refractivity contribution < 1.29 is 0 Å². The van der Waals surface area contributed by atoms with Gasteiger partial charge in [0, 0.05) is 4.05 Å². The molecule has 0 bridgehead atoms. The second-order valence-corrected chi connectivity index (χ2v) is 5.38. The first kappa shape index (κ1) is 5.68. The van der Waals surface area contributed by atoms with Crippen LogP contribution in [-0.2, 0) is 0 Å². The molecule has 0 heterocycles. The molecule has 0 nitrogen and oxygen atoms in total. The molecule has 0 spiro atoms. The van der Waals surface area contributed by atoms with E-state index < -0.39 is 0 Å². The van der Waals surface area contributed by atoms with Crippen molar-refractivity contribution in [2.24, 2.45) is 0 Å². The van der Waals surface area contributed by atoms with Crippen molar-refractivity contribution in [2.45, 2.75) is 0 Å². The van der Waals surface area contributed by atoms with Crippen LogP contribution in [-0.4, -0.2) is 11.1 Å². The molecular weight excluding hydrogens is 294 g/mol. The van der Waals surface area contributed by atoms with Crippen LogP contribution in [0.3, 0.4) is 0 Å². The highest BCUT2D eigenvalue weighted by atomic mass is 127. The average molecular weight is 296 g/mol. The Morgan fingerprint density at radius 1 is 1.75 bits per heavy atom. The van der Waals surface area contributed by atoms with Gasteiger partial charge >= 0.3 is 0 Å². The van der Waals surface area contributed by atoms with Gasteiger partial charge in [0.15, 0.2) is 0 Å². The minimum absolute atomic E-state index is 1.10. The van der Waals surface area contributed by atoms with Crippen LogP contribution in [0.1, 0.15) is 0 Å². The van der Waals surface area contributed by atoms with Crippen molar-refractivity contribution in [3.8, 4) is 0 Å². The van der Waals surface area contributed by atoms with E-state index in [9.17, 15) is 0 Å². The second-order valence-electron chi connectivity index (χ2n) is 0.267. The van der Waals surface area contributed by atoms with Crippen molar-refractivity contribution in [2.75, 3.05) is 4.05 Å². The lowest BCUT2D eigenvalue weighted by Crippen LogP contribution is -1.68. The molecule has 0 aromatic rings. The monoisotopic (exact) mass is 296 g/mol. The minimum Gasteiger partial charge on any atom is -0.123 e. The first-order valence-electron chi connectivity index (χ1n) is 0.810. The molecule has 0 amide bonds. The highest BCUT2D eigenvalue weighted by molar-refractivity contribution is 14.1. The summed E-state index contributed by atoms with van der Waals surface area (Å²) in [5, 5.41) is 0. The fraction of sp³-hybridized carbons (Fsp3) is 1.00. The molecule has 0 rings (SSSR count). The van der Waals surface area contributed by atoms with Crippen molar-refractivity contribution >= 4 is 51.4 Å². The fourth-order valence-corrected chi connectivity index (χ4v) is 0. The van der Waals surface area contributed by atoms with E-state index in [0.29, 0.717) is 0 Å². The molecule has 3 heteroatoms. The van der Waals surface area contributed by atoms with Gasteiger partial charge in [-0.2, -0.15) is 0 Å². The lowest BCUT2D eigenvalue weighted by Gasteiger charge is -1.60. The van der Waals surface area contributed by atoms with Crippen LogP contribution in [0, 0.1) is 0 Å². The Kier molecular flexibility index (Phi) is 6.64. The van der Waals surface area contributed by atoms with Gasteiger partial charge in [-0.05, 0) is 0 Å². The average Bonchev–Trinajstić information content (AvgIpc) is 1.37. The molecule has 0 aliphatic heterocycles. The first-order valence-corrected chi connectivity index (χ1v) is 6.66. The molecule has 0 fully saturated rings. The van der Waals surface area contributed by atoms with Crippen LogP contribution < -0.4 is 0 Å². The molecule has 0 atom stereocenters. The van der Waals surface area contributed by atoms with Crippen LogP contribution in [0.5, 0.6) is 0 Å². The lowest BCUT2D eigenvalue weighted by atomic mass is 11.9. The van der Waals surface area contributed by atoms with E-state index in [0.717, 1.165) is 7.02 Å². The summed E-state index contributed by atoms with van der Waals surface area (Å²) in [4.78, 5) is 0. The first-order chi connectivity index (χ1) is 1.91. The zero-order chi connectivity index (χ0) is 3.41. The molecule has 24 valence electrons. The summed E-state index contributed by atoms with van der Waals surface area (Å²) < 4.78 is 1.30. The molecule has 0 aliphatic rings. The Morgan fingerprint density at radius 2 is 2.00 bits per heavy atom. The third-order valence-corrected chi connectivity index (χ3v) is 6.82. The molecule has 0 aromatic heterocycles. The van der Waals surface area contributed by atoms with E-state index in [2.05, 4.69) is 44.4 Å². The maximum absolute atomic E-state index is 2.37. The summed E-state index contributed by atoms with van der Waals surface area (Å²) in [5.74, 6) is 0. The molecule has 0 unspecified atom stereocenters. The zero-order valence-corrected chi connectivity index (χ0v) is 7.28. The van der Waals surface area contributed by atoms with Crippen molar-refractivity contribution in [1.29, 1.82) is 0 Å². The normalized spacial score (nSPS) is 7.50. The van der Waals surface area contributed by atoms with Crippen LogP contribution >= 0.6 is 44.4 Å². The summed E-state index contributed by atoms with van der Waals surface area (Å²) in [6.07, 6.45) is 0. The Morgan fingerprint density at radius 3 is 2.00 bits per heavy atom. The Bertz CT molecular complexity index is 8.00. The third-order valence-electron chi connectivity index (χ3n) is 0.0505. The number of hydrogen-bond donors (Lipinski definition) is 0. The highest BCUT2D eigenvalue weighted by Crippen LogP contribution is 1.80. The molecule has 0 aromatic carbocycles. The molecule has 4 heavy (non-hydrogen) atoms. The Hall–Kier alpha value is 1.68. The topological polar surface area (TPSA) is 0 Å². The maximum Gasteiger partial charge on any atom is 0.141 e. The molecule has 0 aliphatic carbocycles. The van der Waals surface area contributed by atoms with Crippen molar-refractivity contribution in [3.05, 3.63) is 0 Å². The van der Waals surface area contributed by atoms with Gasteiger partial charge in [0.25, 0.3) is 0 Å². The summed E-state index contributed by atoms with van der Waals surface area (Å²) in [6.45, 7) is 0. The summed E-state index contributed by atoms with van der Waals surface area (Å²) in [5.41, 5.74) is 0. The fourth-order valence-electron chi connectivity index (χ4n) is 0. The van der Waals surface area contributed by atoms with E-state index in [1.54, 1.807) is 0 Å². The van der Waals surface area contributed by atoms with Gasteiger partial charge in [-0.1, -0.05) is 22.6 Å². The van der Waals surface area contributed by atoms with Gasteiger partial charge in [0.05, 0.1) is 0 Å². The summed E-state index contributed by atoms with van der Waals surface area (Å²) in [6, 6.07) is 0. The standard InChI is InChI=1S/CH2I2Si/c2-1-4-3/h1H2. The van der Waals surface area contributed by atoms with Crippen molar-refractivity contribution in [3.63, 3.8) is 0 Å². The van der Waals surface area contributed by atoms with Crippen molar-refractivity contribution in [1.82, 2.24) is 0 Å². The number of alkyl halides is 1.